The Balaban J connectivity index is 1.77. The first kappa shape index (κ1) is 23.0. The zero-order valence-electron chi connectivity index (χ0n) is 18.9. The van der Waals surface area contributed by atoms with Crippen molar-refractivity contribution < 1.29 is 27.8 Å². The molecule has 2 aromatic heterocycles. The van der Waals surface area contributed by atoms with Gasteiger partial charge in [0.25, 0.3) is 0 Å². The van der Waals surface area contributed by atoms with Gasteiger partial charge in [-0.05, 0) is 42.8 Å². The lowest BCUT2D eigenvalue weighted by atomic mass is 10.1. The number of hydrogen-bond acceptors (Lipinski definition) is 5. The number of carbonyl (C=O) groups is 1. The summed E-state index contributed by atoms with van der Waals surface area (Å²) in [5, 5.41) is 4.59. The molecule has 0 saturated carbocycles. The van der Waals surface area contributed by atoms with E-state index in [1.165, 1.54) is 32.4 Å². The first-order chi connectivity index (χ1) is 16.4. The van der Waals surface area contributed by atoms with Gasteiger partial charge in [0.1, 0.15) is 5.65 Å². The number of ketones is 1. The maximum Gasteiger partial charge on any atom is 0.387 e. The fourth-order valence-electron chi connectivity index (χ4n) is 3.98. The highest BCUT2D eigenvalue weighted by Gasteiger charge is 2.22. The number of fused-ring (bicyclic) bond motifs is 3. The second kappa shape index (κ2) is 9.38. The third-order valence-corrected chi connectivity index (χ3v) is 5.37. The van der Waals surface area contributed by atoms with Gasteiger partial charge in [0.05, 0.1) is 36.5 Å². The molecule has 176 valence electrons. The zero-order chi connectivity index (χ0) is 24.4. The van der Waals surface area contributed by atoms with Crippen LogP contribution >= 0.6 is 0 Å². The van der Waals surface area contributed by atoms with Crippen molar-refractivity contribution in [3.8, 4) is 17.2 Å². The van der Waals surface area contributed by atoms with Crippen LogP contribution in [0.15, 0.2) is 55.1 Å². The number of aromatic nitrogens is 3. The number of ether oxygens (including phenoxy) is 3. The van der Waals surface area contributed by atoms with Crippen molar-refractivity contribution in [2.24, 2.45) is 0 Å². The molecule has 34 heavy (non-hydrogen) atoms. The lowest BCUT2D eigenvalue weighted by molar-refractivity contribution is -0.0526. The van der Waals surface area contributed by atoms with Crippen molar-refractivity contribution in [2.45, 2.75) is 20.1 Å². The van der Waals surface area contributed by atoms with Crippen LogP contribution in [0.5, 0.6) is 17.2 Å². The topological polar surface area (TPSA) is 67.0 Å². The van der Waals surface area contributed by atoms with Crippen LogP contribution in [0.1, 0.15) is 21.6 Å². The van der Waals surface area contributed by atoms with Crippen molar-refractivity contribution in [1.29, 1.82) is 0 Å². The number of alkyl halides is 2. The smallest absolute Gasteiger partial charge is 0.387 e. The summed E-state index contributed by atoms with van der Waals surface area (Å²) in [5.74, 6) is -0.359. The van der Waals surface area contributed by atoms with E-state index in [0.717, 1.165) is 11.0 Å². The Morgan fingerprint density at radius 3 is 2.38 bits per heavy atom. The average Bonchev–Trinajstić information content (AvgIpc) is 3.31. The summed E-state index contributed by atoms with van der Waals surface area (Å²) in [5.41, 5.74) is 4.05. The summed E-state index contributed by atoms with van der Waals surface area (Å²) >= 11 is 0. The lowest BCUT2D eigenvalue weighted by Crippen LogP contribution is -2.05. The fraction of sp³-hybridized carbons (Fsp3) is 0.200. The maximum atomic E-state index is 13.3. The highest BCUT2D eigenvalue weighted by molar-refractivity contribution is 6.12. The summed E-state index contributed by atoms with van der Waals surface area (Å²) in [6.07, 6.45) is 4.73. The number of benzene rings is 2. The molecule has 0 radical (unpaired) electrons. The maximum absolute atomic E-state index is 13.3. The SMILES string of the molecule is C=CCn1c2ccccc2n2nc(C)c(C(=O)C=Cc3cc(OC)c(OC(F)F)c(OC)c3)c12. The summed E-state index contributed by atoms with van der Waals surface area (Å²) in [4.78, 5) is 13.3. The van der Waals surface area contributed by atoms with E-state index >= 15 is 0 Å². The van der Waals surface area contributed by atoms with E-state index in [1.807, 2.05) is 28.8 Å². The Morgan fingerprint density at radius 2 is 1.79 bits per heavy atom. The van der Waals surface area contributed by atoms with Crippen LogP contribution in [0.3, 0.4) is 0 Å². The van der Waals surface area contributed by atoms with Gasteiger partial charge in [-0.3, -0.25) is 4.79 Å². The molecule has 0 unspecified atom stereocenters. The molecule has 4 aromatic rings. The van der Waals surface area contributed by atoms with Gasteiger partial charge in [0, 0.05) is 6.54 Å². The van der Waals surface area contributed by atoms with E-state index in [-0.39, 0.29) is 23.0 Å². The monoisotopic (exact) mass is 467 g/mol. The van der Waals surface area contributed by atoms with E-state index in [2.05, 4.69) is 16.4 Å². The van der Waals surface area contributed by atoms with Crippen molar-refractivity contribution in [3.05, 3.63) is 72.0 Å². The van der Waals surface area contributed by atoms with E-state index in [9.17, 15) is 13.6 Å². The van der Waals surface area contributed by atoms with Crippen LogP contribution in [0, 0.1) is 6.92 Å². The first-order valence-corrected chi connectivity index (χ1v) is 10.4. The molecule has 0 bridgehead atoms. The number of carbonyl (C=O) groups excluding carboxylic acids is 1. The minimum absolute atomic E-state index is 0.0574. The van der Waals surface area contributed by atoms with Crippen LogP contribution in [0.4, 0.5) is 8.78 Å². The number of rotatable bonds is 9. The minimum Gasteiger partial charge on any atom is -0.493 e. The van der Waals surface area contributed by atoms with Crippen molar-refractivity contribution in [3.63, 3.8) is 0 Å². The molecule has 0 aliphatic carbocycles. The molecule has 0 N–H and O–H groups in total. The molecule has 9 heteroatoms. The normalized spacial score (nSPS) is 11.6. The van der Waals surface area contributed by atoms with Crippen LogP contribution in [-0.2, 0) is 6.54 Å². The molecule has 0 saturated heterocycles. The Hall–Kier alpha value is -4.14. The first-order valence-electron chi connectivity index (χ1n) is 10.4. The summed E-state index contributed by atoms with van der Waals surface area (Å²) < 4.78 is 44.2. The van der Waals surface area contributed by atoms with Crippen molar-refractivity contribution in [2.75, 3.05) is 14.2 Å². The van der Waals surface area contributed by atoms with E-state index in [4.69, 9.17) is 9.47 Å². The molecular weight excluding hydrogens is 444 g/mol. The van der Waals surface area contributed by atoms with Crippen LogP contribution < -0.4 is 14.2 Å². The van der Waals surface area contributed by atoms with Crippen LogP contribution in [0.2, 0.25) is 0 Å². The molecule has 0 spiro atoms. The molecule has 2 aromatic carbocycles. The Labute approximate surface area is 194 Å². The Kier molecular flexibility index (Phi) is 6.36. The Morgan fingerprint density at radius 1 is 1.15 bits per heavy atom. The van der Waals surface area contributed by atoms with Crippen LogP contribution in [-0.4, -0.2) is 40.8 Å². The third-order valence-electron chi connectivity index (χ3n) is 5.37. The van der Waals surface area contributed by atoms with Crippen LogP contribution in [0.25, 0.3) is 22.8 Å². The van der Waals surface area contributed by atoms with Crippen molar-refractivity contribution >= 4 is 28.5 Å². The molecule has 0 aliphatic rings. The minimum atomic E-state index is -3.04. The number of nitrogens with zero attached hydrogens (tertiary/aromatic N) is 3. The summed E-state index contributed by atoms with van der Waals surface area (Å²) in [6.45, 7) is 3.08. The van der Waals surface area contributed by atoms with Gasteiger partial charge in [-0.25, -0.2) is 4.52 Å². The lowest BCUT2D eigenvalue weighted by Gasteiger charge is -2.14. The summed E-state index contributed by atoms with van der Waals surface area (Å²) in [7, 11) is 2.66. The molecule has 0 aliphatic heterocycles. The molecule has 2 heterocycles. The quantitative estimate of drug-likeness (QED) is 0.190. The zero-order valence-corrected chi connectivity index (χ0v) is 18.9. The molecule has 7 nitrogen and oxygen atoms in total. The van der Waals surface area contributed by atoms with Gasteiger partial charge >= 0.3 is 6.61 Å². The van der Waals surface area contributed by atoms with E-state index in [0.29, 0.717) is 29.0 Å². The number of allylic oxidation sites excluding steroid dienone is 2. The fourth-order valence-corrected chi connectivity index (χ4v) is 3.98. The number of methoxy groups -OCH3 is 2. The second-order valence-electron chi connectivity index (χ2n) is 7.41. The highest BCUT2D eigenvalue weighted by Crippen LogP contribution is 2.40. The standard InChI is InChI=1S/C25H23F2N3O4/c1-5-12-29-17-8-6-7-9-18(17)30-24(29)22(15(2)28-30)19(31)11-10-16-13-20(32-3)23(34-25(26)27)21(14-16)33-4/h5-11,13-14,25H,1,12H2,2-4H3. The molecule has 4 rings (SSSR count). The number of halogens is 2. The van der Waals surface area contributed by atoms with Crippen molar-refractivity contribution in [1.82, 2.24) is 14.2 Å². The average molecular weight is 467 g/mol. The van der Waals surface area contributed by atoms with Gasteiger partial charge < -0.3 is 18.8 Å². The molecule has 0 amide bonds. The molecule has 0 fully saturated rings. The number of para-hydroxylation sites is 2. The highest BCUT2D eigenvalue weighted by atomic mass is 19.3. The summed E-state index contributed by atoms with van der Waals surface area (Å²) in [6, 6.07) is 10.7. The number of imidazole rings is 1. The number of aryl methyl sites for hydroxylation is 1. The van der Waals surface area contributed by atoms with E-state index in [1.54, 1.807) is 23.6 Å². The second-order valence-corrected chi connectivity index (χ2v) is 7.41. The third kappa shape index (κ3) is 4.00. The largest absolute Gasteiger partial charge is 0.493 e. The number of hydrogen-bond donors (Lipinski definition) is 0. The predicted molar refractivity (Wildman–Crippen MR) is 125 cm³/mol. The van der Waals surface area contributed by atoms with Gasteiger partial charge in [-0.2, -0.15) is 13.9 Å². The molecule has 0 atom stereocenters. The molecular formula is C25H23F2N3O4. The van der Waals surface area contributed by atoms with Gasteiger partial charge in [-0.15, -0.1) is 6.58 Å². The van der Waals surface area contributed by atoms with E-state index < -0.39 is 6.61 Å². The van der Waals surface area contributed by atoms with Gasteiger partial charge in [-0.1, -0.05) is 24.3 Å². The predicted octanol–water partition coefficient (Wildman–Crippen LogP) is 5.30. The van der Waals surface area contributed by atoms with Gasteiger partial charge in [0.15, 0.2) is 17.3 Å². The van der Waals surface area contributed by atoms with Gasteiger partial charge in [0.2, 0.25) is 5.75 Å². The Bertz CT molecular complexity index is 1390.